The Hall–Kier alpha value is -5.40. The quantitative estimate of drug-likeness (QED) is 0.191. The minimum absolute atomic E-state index is 1.19. The van der Waals surface area contributed by atoms with Gasteiger partial charge in [-0.05, 0) is 84.2 Å². The maximum absolute atomic E-state index is 2.50. The smallest absolute Gasteiger partial charge is 0.0620 e. The fourth-order valence-corrected chi connectivity index (χ4v) is 7.63. The van der Waals surface area contributed by atoms with E-state index in [4.69, 9.17) is 0 Å². The maximum atomic E-state index is 2.50. The van der Waals surface area contributed by atoms with Crippen LogP contribution in [0.1, 0.15) is 0 Å². The lowest BCUT2D eigenvalue weighted by atomic mass is 9.94. The number of para-hydroxylation sites is 1. The van der Waals surface area contributed by atoms with E-state index in [9.17, 15) is 0 Å². The van der Waals surface area contributed by atoms with Gasteiger partial charge in [0.05, 0.1) is 11.0 Å². The van der Waals surface area contributed by atoms with Crippen LogP contribution in [-0.4, -0.2) is 4.57 Å². The van der Waals surface area contributed by atoms with Crippen LogP contribution in [0.4, 0.5) is 0 Å². The molecule has 1 aliphatic carbocycles. The molecular formula is C40H23N. The highest BCUT2D eigenvalue weighted by atomic mass is 15.0. The van der Waals surface area contributed by atoms with E-state index < -0.39 is 0 Å². The summed E-state index contributed by atoms with van der Waals surface area (Å²) in [5, 5.41) is 13.1. The van der Waals surface area contributed by atoms with Crippen molar-refractivity contribution in [1.29, 1.82) is 0 Å². The lowest BCUT2D eigenvalue weighted by Crippen LogP contribution is -1.95. The van der Waals surface area contributed by atoms with Crippen LogP contribution < -0.4 is 0 Å². The van der Waals surface area contributed by atoms with Gasteiger partial charge in [0, 0.05) is 21.8 Å². The number of hydrogen-bond donors (Lipinski definition) is 0. The molecule has 0 saturated carbocycles. The van der Waals surface area contributed by atoms with Crippen molar-refractivity contribution in [2.24, 2.45) is 0 Å². The molecule has 0 atom stereocenters. The average Bonchev–Trinajstić information content (AvgIpc) is 3.55. The standard InChI is InChI=1S/C40H23N/c1-2-12-27-25(10-1)26-11-3-5-14-29(26)35-22-24(20-21-31(27)35)41-38-19-8-7-16-32(38)37-23-36-30-15-6-4-13-28(30)33-17-9-18-34(39(33)36)40(37)41/h1-23H. The highest BCUT2D eigenvalue weighted by Crippen LogP contribution is 2.51. The fourth-order valence-electron chi connectivity index (χ4n) is 7.63. The van der Waals surface area contributed by atoms with Crippen molar-refractivity contribution in [2.45, 2.75) is 0 Å². The molecule has 0 radical (unpaired) electrons. The van der Waals surface area contributed by atoms with E-state index in [0.29, 0.717) is 0 Å². The fraction of sp³-hybridized carbons (Fsp3) is 0. The summed E-state index contributed by atoms with van der Waals surface area (Å²) in [7, 11) is 0. The van der Waals surface area contributed by atoms with E-state index in [1.807, 2.05) is 0 Å². The molecule has 10 rings (SSSR count). The molecule has 0 saturated heterocycles. The second kappa shape index (κ2) is 7.62. The molecule has 0 fully saturated rings. The molecule has 0 unspecified atom stereocenters. The largest absolute Gasteiger partial charge is 0.309 e. The first-order valence-corrected chi connectivity index (χ1v) is 14.3. The van der Waals surface area contributed by atoms with Crippen LogP contribution in [0.15, 0.2) is 140 Å². The van der Waals surface area contributed by atoms with E-state index in [2.05, 4.69) is 144 Å². The van der Waals surface area contributed by atoms with Crippen molar-refractivity contribution < 1.29 is 0 Å². The van der Waals surface area contributed by atoms with Gasteiger partial charge in [-0.15, -0.1) is 0 Å². The van der Waals surface area contributed by atoms with Crippen molar-refractivity contribution in [1.82, 2.24) is 4.57 Å². The Bertz CT molecular complexity index is 2550. The molecule has 8 aromatic carbocycles. The molecule has 1 heteroatoms. The number of hydrogen-bond acceptors (Lipinski definition) is 0. The topological polar surface area (TPSA) is 4.93 Å². The summed E-state index contributed by atoms with van der Waals surface area (Å²) in [6.45, 7) is 0. The molecule has 0 spiro atoms. The first-order chi connectivity index (χ1) is 20.4. The minimum atomic E-state index is 1.19. The zero-order valence-electron chi connectivity index (χ0n) is 22.2. The monoisotopic (exact) mass is 517 g/mol. The molecule has 1 heterocycles. The highest BCUT2D eigenvalue weighted by Gasteiger charge is 2.25. The van der Waals surface area contributed by atoms with Gasteiger partial charge in [-0.3, -0.25) is 0 Å². The van der Waals surface area contributed by atoms with Crippen LogP contribution in [0.25, 0.3) is 92.8 Å². The lowest BCUT2D eigenvalue weighted by molar-refractivity contribution is 1.19. The van der Waals surface area contributed by atoms with Gasteiger partial charge in [-0.1, -0.05) is 115 Å². The van der Waals surface area contributed by atoms with Crippen molar-refractivity contribution >= 4 is 64.9 Å². The molecule has 0 bridgehead atoms. The summed E-state index contributed by atoms with van der Waals surface area (Å²) < 4.78 is 2.50. The van der Waals surface area contributed by atoms with Crippen molar-refractivity contribution in [2.75, 3.05) is 0 Å². The van der Waals surface area contributed by atoms with Crippen molar-refractivity contribution in [3.05, 3.63) is 140 Å². The SMILES string of the molecule is c1ccc2c(c1)-c1cccc3c1c-2cc1c2ccccc2n(-c2ccc4c5ccccc5c5ccccc5c4c2)c31. The molecule has 0 amide bonds. The number of benzene rings is 8. The molecule has 0 N–H and O–H groups in total. The van der Waals surface area contributed by atoms with Gasteiger partial charge in [-0.25, -0.2) is 0 Å². The number of rotatable bonds is 1. The molecule has 1 nitrogen and oxygen atoms in total. The summed E-state index contributed by atoms with van der Waals surface area (Å²) in [4.78, 5) is 0. The third-order valence-corrected chi connectivity index (χ3v) is 9.28. The Morgan fingerprint density at radius 1 is 0.317 bits per heavy atom. The number of fused-ring (bicyclic) bond motifs is 13. The van der Waals surface area contributed by atoms with Crippen LogP contribution in [-0.2, 0) is 0 Å². The second-order valence-electron chi connectivity index (χ2n) is 11.3. The predicted molar refractivity (Wildman–Crippen MR) is 175 cm³/mol. The molecule has 41 heavy (non-hydrogen) atoms. The molecule has 1 aromatic heterocycles. The number of nitrogens with zero attached hydrogens (tertiary/aromatic N) is 1. The van der Waals surface area contributed by atoms with Crippen LogP contribution in [0.5, 0.6) is 0 Å². The minimum Gasteiger partial charge on any atom is -0.309 e. The summed E-state index contributed by atoms with van der Waals surface area (Å²) in [5.74, 6) is 0. The van der Waals surface area contributed by atoms with E-state index in [1.165, 1.54) is 92.8 Å². The summed E-state index contributed by atoms with van der Waals surface area (Å²) in [6, 6.07) is 51.7. The Kier molecular flexibility index (Phi) is 3.98. The predicted octanol–water partition coefficient (Wildman–Crippen LogP) is 11.0. The van der Waals surface area contributed by atoms with Gasteiger partial charge in [0.25, 0.3) is 0 Å². The molecular weight excluding hydrogens is 494 g/mol. The molecule has 1 aliphatic rings. The first kappa shape index (κ1) is 21.4. The summed E-state index contributed by atoms with van der Waals surface area (Å²) >= 11 is 0. The normalized spacial score (nSPS) is 12.4. The van der Waals surface area contributed by atoms with Crippen LogP contribution in [0, 0.1) is 0 Å². The van der Waals surface area contributed by atoms with Gasteiger partial charge >= 0.3 is 0 Å². The van der Waals surface area contributed by atoms with Gasteiger partial charge in [0.15, 0.2) is 0 Å². The summed E-state index contributed by atoms with van der Waals surface area (Å²) in [6.07, 6.45) is 0. The molecule has 0 aliphatic heterocycles. The zero-order valence-corrected chi connectivity index (χ0v) is 22.2. The Morgan fingerprint density at radius 3 is 1.59 bits per heavy atom. The van der Waals surface area contributed by atoms with Gasteiger partial charge in [0.1, 0.15) is 0 Å². The lowest BCUT2D eigenvalue weighted by Gasteiger charge is -2.15. The van der Waals surface area contributed by atoms with E-state index >= 15 is 0 Å². The second-order valence-corrected chi connectivity index (χ2v) is 11.3. The first-order valence-electron chi connectivity index (χ1n) is 14.3. The molecule has 9 aromatic rings. The van der Waals surface area contributed by atoms with Crippen molar-refractivity contribution in [3.63, 3.8) is 0 Å². The average molecular weight is 518 g/mol. The Balaban J connectivity index is 1.39. The maximum Gasteiger partial charge on any atom is 0.0620 e. The third kappa shape index (κ3) is 2.66. The zero-order chi connectivity index (χ0) is 26.7. The van der Waals surface area contributed by atoms with Crippen LogP contribution in [0.3, 0.4) is 0 Å². The van der Waals surface area contributed by atoms with E-state index in [-0.39, 0.29) is 0 Å². The number of aromatic nitrogens is 1. The van der Waals surface area contributed by atoms with E-state index in [1.54, 1.807) is 0 Å². The van der Waals surface area contributed by atoms with Gasteiger partial charge in [0.2, 0.25) is 0 Å². The van der Waals surface area contributed by atoms with Gasteiger partial charge < -0.3 is 4.57 Å². The summed E-state index contributed by atoms with van der Waals surface area (Å²) in [5.41, 5.74) is 9.07. The van der Waals surface area contributed by atoms with E-state index in [0.717, 1.165) is 0 Å². The Labute approximate surface area is 236 Å². The highest BCUT2D eigenvalue weighted by molar-refractivity contribution is 6.28. The van der Waals surface area contributed by atoms with Crippen molar-refractivity contribution in [3.8, 4) is 27.9 Å². The Morgan fingerprint density at radius 2 is 0.854 bits per heavy atom. The van der Waals surface area contributed by atoms with Gasteiger partial charge in [-0.2, -0.15) is 0 Å². The van der Waals surface area contributed by atoms with Crippen LogP contribution in [0.2, 0.25) is 0 Å². The molecule has 188 valence electrons. The van der Waals surface area contributed by atoms with Crippen LogP contribution >= 0.6 is 0 Å². The third-order valence-electron chi connectivity index (χ3n) is 9.28.